The number of aliphatic carboxylic acids is 1. The summed E-state index contributed by atoms with van der Waals surface area (Å²) in [5.41, 5.74) is 22.1. The molecule has 0 aliphatic heterocycles. The molecule has 0 saturated heterocycles. The number of rotatable bonds is 17. The molecule has 0 saturated carbocycles. The van der Waals surface area contributed by atoms with Crippen LogP contribution in [0.15, 0.2) is 17.5 Å². The summed E-state index contributed by atoms with van der Waals surface area (Å²) in [6, 6.07) is -4.84. The second-order valence-electron chi connectivity index (χ2n) is 8.84. The van der Waals surface area contributed by atoms with Gasteiger partial charge in [0.2, 0.25) is 23.6 Å². The predicted molar refractivity (Wildman–Crippen MR) is 137 cm³/mol. The number of primary amides is 1. The minimum Gasteiger partial charge on any atom is -0.480 e. The number of imidazole rings is 1. The maximum atomic E-state index is 13.3. The van der Waals surface area contributed by atoms with Crippen LogP contribution in [0.2, 0.25) is 0 Å². The maximum Gasteiger partial charge on any atom is 0.326 e. The van der Waals surface area contributed by atoms with Crippen molar-refractivity contribution in [3.8, 4) is 0 Å². The van der Waals surface area contributed by atoms with E-state index in [4.69, 9.17) is 22.9 Å². The standard InChI is InChI=1S/C22H38N10O6/c1-3-11(2)17(32-18(34)13(23)5-4-6-28-22(25)26)20(36)30-14(7-12-9-27-10-29-12)19(35)31-15(21(37)38)8-16(24)33/h9-11,13-15,17H,3-8,23H2,1-2H3,(H2,24,33)(H,27,29)(H,30,36)(H,31,35)(H,32,34)(H,37,38)(H4,25,26,28). The largest absolute Gasteiger partial charge is 0.480 e. The predicted octanol–water partition coefficient (Wildman–Crippen LogP) is -3.21. The van der Waals surface area contributed by atoms with Gasteiger partial charge in [0, 0.05) is 24.9 Å². The highest BCUT2D eigenvalue weighted by molar-refractivity contribution is 5.95. The average molecular weight is 539 g/mol. The van der Waals surface area contributed by atoms with E-state index in [9.17, 15) is 29.1 Å². The molecule has 38 heavy (non-hydrogen) atoms. The van der Waals surface area contributed by atoms with E-state index in [1.807, 2.05) is 6.92 Å². The molecule has 212 valence electrons. The Hall–Kier alpha value is -4.21. The van der Waals surface area contributed by atoms with Gasteiger partial charge in [-0.3, -0.25) is 24.2 Å². The summed E-state index contributed by atoms with van der Waals surface area (Å²) in [7, 11) is 0. The number of aromatic nitrogens is 2. The highest BCUT2D eigenvalue weighted by Gasteiger charge is 2.33. The summed E-state index contributed by atoms with van der Waals surface area (Å²) >= 11 is 0. The Balaban J connectivity index is 3.02. The Kier molecular flexibility index (Phi) is 13.2. The molecule has 0 radical (unpaired) electrons. The third-order valence-electron chi connectivity index (χ3n) is 5.73. The number of carbonyl (C=O) groups is 5. The van der Waals surface area contributed by atoms with Gasteiger partial charge in [-0.2, -0.15) is 0 Å². The van der Waals surface area contributed by atoms with Gasteiger partial charge in [0.05, 0.1) is 18.8 Å². The van der Waals surface area contributed by atoms with Crippen molar-refractivity contribution in [3.63, 3.8) is 0 Å². The van der Waals surface area contributed by atoms with Crippen LogP contribution >= 0.6 is 0 Å². The molecule has 0 aromatic carbocycles. The molecule has 4 amide bonds. The SMILES string of the molecule is CCC(C)C(NC(=O)C(N)CCCN=C(N)N)C(=O)NC(Cc1cnc[nH]1)C(=O)NC(CC(N)=O)C(=O)O. The fraction of sp³-hybridized carbons (Fsp3) is 0.591. The first kappa shape index (κ1) is 31.8. The lowest BCUT2D eigenvalue weighted by atomic mass is 9.97. The normalized spacial score (nSPS) is 14.7. The molecular weight excluding hydrogens is 500 g/mol. The number of H-pyrrole nitrogens is 1. The van der Waals surface area contributed by atoms with Crippen LogP contribution in [0.1, 0.15) is 45.2 Å². The molecule has 0 bridgehead atoms. The number of nitrogens with one attached hydrogen (secondary N) is 4. The van der Waals surface area contributed by atoms with Crippen molar-refractivity contribution in [1.29, 1.82) is 0 Å². The molecule has 0 aliphatic rings. The number of nitrogens with two attached hydrogens (primary N) is 4. The maximum absolute atomic E-state index is 13.3. The van der Waals surface area contributed by atoms with E-state index in [0.717, 1.165) is 0 Å². The van der Waals surface area contributed by atoms with Crippen LogP contribution in [-0.4, -0.2) is 81.3 Å². The monoisotopic (exact) mass is 538 g/mol. The number of hydrogen-bond acceptors (Lipinski definition) is 8. The van der Waals surface area contributed by atoms with Crippen LogP contribution in [0.4, 0.5) is 0 Å². The van der Waals surface area contributed by atoms with E-state index < -0.39 is 60.2 Å². The minimum atomic E-state index is -1.59. The number of aliphatic imine (C=N–C) groups is 1. The second kappa shape index (κ2) is 15.8. The lowest BCUT2D eigenvalue weighted by Crippen LogP contribution is -2.59. The number of aromatic amines is 1. The number of guanidine groups is 1. The van der Waals surface area contributed by atoms with Crippen LogP contribution in [0.3, 0.4) is 0 Å². The second-order valence-corrected chi connectivity index (χ2v) is 8.84. The van der Waals surface area contributed by atoms with Gasteiger partial charge in [0.25, 0.3) is 0 Å². The number of carbonyl (C=O) groups excluding carboxylic acids is 4. The fourth-order valence-corrected chi connectivity index (χ4v) is 3.37. The molecule has 0 aliphatic carbocycles. The first-order valence-corrected chi connectivity index (χ1v) is 12.1. The lowest BCUT2D eigenvalue weighted by molar-refractivity contribution is -0.143. The summed E-state index contributed by atoms with van der Waals surface area (Å²) in [5.74, 6) is -4.94. The molecule has 5 atom stereocenters. The highest BCUT2D eigenvalue weighted by Crippen LogP contribution is 2.10. The van der Waals surface area contributed by atoms with Crippen molar-refractivity contribution in [2.24, 2.45) is 33.8 Å². The van der Waals surface area contributed by atoms with Crippen LogP contribution in [0.25, 0.3) is 0 Å². The third kappa shape index (κ3) is 11.2. The fourth-order valence-electron chi connectivity index (χ4n) is 3.37. The number of amides is 4. The van der Waals surface area contributed by atoms with Gasteiger partial charge in [-0.1, -0.05) is 20.3 Å². The van der Waals surface area contributed by atoms with Gasteiger partial charge in [0.15, 0.2) is 5.96 Å². The Labute approximate surface area is 219 Å². The zero-order valence-electron chi connectivity index (χ0n) is 21.5. The van der Waals surface area contributed by atoms with E-state index in [-0.39, 0.29) is 31.3 Å². The zero-order chi connectivity index (χ0) is 28.8. The molecule has 1 aromatic heterocycles. The summed E-state index contributed by atoms with van der Waals surface area (Å²) in [5, 5.41) is 16.8. The van der Waals surface area contributed by atoms with Crippen molar-refractivity contribution in [3.05, 3.63) is 18.2 Å². The molecule has 13 N–H and O–H groups in total. The third-order valence-corrected chi connectivity index (χ3v) is 5.73. The minimum absolute atomic E-state index is 0.0745. The molecular formula is C22H38N10O6. The number of nitrogens with zero attached hydrogens (tertiary/aromatic N) is 2. The quantitative estimate of drug-likeness (QED) is 0.0543. The van der Waals surface area contributed by atoms with Gasteiger partial charge in [0.1, 0.15) is 18.1 Å². The molecule has 16 nitrogen and oxygen atoms in total. The van der Waals surface area contributed by atoms with Crippen molar-refractivity contribution in [2.45, 2.75) is 70.1 Å². The number of carboxylic acids is 1. The molecule has 0 spiro atoms. The number of carboxylic acid groups (broad SMARTS) is 1. The van der Waals surface area contributed by atoms with Gasteiger partial charge >= 0.3 is 5.97 Å². The Morgan fingerprint density at radius 2 is 1.71 bits per heavy atom. The van der Waals surface area contributed by atoms with Crippen molar-refractivity contribution >= 4 is 35.6 Å². The molecule has 16 heteroatoms. The van der Waals surface area contributed by atoms with Gasteiger partial charge < -0.3 is 49.0 Å². The van der Waals surface area contributed by atoms with Gasteiger partial charge in [-0.15, -0.1) is 0 Å². The Morgan fingerprint density at radius 3 is 2.24 bits per heavy atom. The number of hydrogen-bond donors (Lipinski definition) is 9. The van der Waals surface area contributed by atoms with Crippen molar-refractivity contribution < 1.29 is 29.1 Å². The van der Waals surface area contributed by atoms with E-state index in [0.29, 0.717) is 18.5 Å². The lowest BCUT2D eigenvalue weighted by Gasteiger charge is -2.27. The molecule has 0 fully saturated rings. The summed E-state index contributed by atoms with van der Waals surface area (Å²) in [4.78, 5) is 72.1. The Bertz CT molecular complexity index is 979. The van der Waals surface area contributed by atoms with E-state index >= 15 is 0 Å². The van der Waals surface area contributed by atoms with Crippen molar-refractivity contribution in [2.75, 3.05) is 6.54 Å². The summed E-state index contributed by atoms with van der Waals surface area (Å²) < 4.78 is 0. The van der Waals surface area contributed by atoms with Crippen molar-refractivity contribution in [1.82, 2.24) is 25.9 Å². The van der Waals surface area contributed by atoms with Crippen LogP contribution in [0, 0.1) is 5.92 Å². The van der Waals surface area contributed by atoms with E-state index in [1.165, 1.54) is 12.5 Å². The first-order chi connectivity index (χ1) is 17.8. The van der Waals surface area contributed by atoms with E-state index in [2.05, 4.69) is 30.9 Å². The molecule has 1 heterocycles. The molecule has 5 unspecified atom stereocenters. The molecule has 1 rings (SSSR count). The molecule has 1 aromatic rings. The average Bonchev–Trinajstić information content (AvgIpc) is 3.36. The van der Waals surface area contributed by atoms with Crippen LogP contribution in [0.5, 0.6) is 0 Å². The summed E-state index contributed by atoms with van der Waals surface area (Å²) in [6.45, 7) is 3.85. The van der Waals surface area contributed by atoms with E-state index in [1.54, 1.807) is 6.92 Å². The van der Waals surface area contributed by atoms with Crippen LogP contribution < -0.4 is 38.9 Å². The highest BCUT2D eigenvalue weighted by atomic mass is 16.4. The smallest absolute Gasteiger partial charge is 0.326 e. The zero-order valence-corrected chi connectivity index (χ0v) is 21.5. The van der Waals surface area contributed by atoms with Crippen LogP contribution in [-0.2, 0) is 30.4 Å². The first-order valence-electron chi connectivity index (χ1n) is 12.1. The Morgan fingerprint density at radius 1 is 1.05 bits per heavy atom. The summed E-state index contributed by atoms with van der Waals surface area (Å²) in [6.07, 6.45) is 3.29. The topological polar surface area (TPSA) is 287 Å². The van der Waals surface area contributed by atoms with Gasteiger partial charge in [-0.05, 0) is 18.8 Å². The van der Waals surface area contributed by atoms with Gasteiger partial charge in [-0.25, -0.2) is 9.78 Å².